The minimum atomic E-state index is -0.503. The van der Waals surface area contributed by atoms with Gasteiger partial charge in [-0.15, -0.1) is 0 Å². The van der Waals surface area contributed by atoms with Gasteiger partial charge in [-0.25, -0.2) is 8.78 Å². The molecule has 0 aliphatic rings. The largest absolute Gasteiger partial charge is 0.454 e. The molecule has 158 valence electrons. The van der Waals surface area contributed by atoms with Crippen molar-refractivity contribution >= 4 is 23.2 Å². The van der Waals surface area contributed by atoms with Crippen LogP contribution in [0.2, 0.25) is 10.0 Å². The summed E-state index contributed by atoms with van der Waals surface area (Å²) >= 11 is 12.2. The molecule has 0 aromatic heterocycles. The van der Waals surface area contributed by atoms with Crippen molar-refractivity contribution in [3.05, 3.63) is 93.5 Å². The molecule has 0 N–H and O–H groups in total. The van der Waals surface area contributed by atoms with Crippen LogP contribution in [0.25, 0.3) is 0 Å². The third-order valence-electron chi connectivity index (χ3n) is 5.12. The molecule has 3 rings (SSSR count). The average Bonchev–Trinajstić information content (AvgIpc) is 2.73. The molecule has 1 unspecified atom stereocenters. The van der Waals surface area contributed by atoms with E-state index in [0.717, 1.165) is 17.5 Å². The van der Waals surface area contributed by atoms with Gasteiger partial charge in [0.25, 0.3) is 0 Å². The van der Waals surface area contributed by atoms with Gasteiger partial charge in [-0.05, 0) is 66.1 Å². The van der Waals surface area contributed by atoms with Crippen LogP contribution in [0, 0.1) is 11.6 Å². The molecule has 0 heterocycles. The van der Waals surface area contributed by atoms with Crippen molar-refractivity contribution in [3.8, 4) is 11.5 Å². The van der Waals surface area contributed by atoms with Crippen molar-refractivity contribution in [1.82, 2.24) is 0 Å². The Labute approximate surface area is 185 Å². The first kappa shape index (κ1) is 22.5. The molecule has 30 heavy (non-hydrogen) atoms. The van der Waals surface area contributed by atoms with Gasteiger partial charge < -0.3 is 9.47 Å². The summed E-state index contributed by atoms with van der Waals surface area (Å²) < 4.78 is 38.7. The van der Waals surface area contributed by atoms with Crippen LogP contribution in [-0.4, -0.2) is 6.61 Å². The van der Waals surface area contributed by atoms with E-state index in [4.69, 9.17) is 32.7 Å². The number of benzene rings is 3. The molecule has 0 spiro atoms. The average molecular weight is 451 g/mol. The normalized spacial score (nSPS) is 13.1. The zero-order chi connectivity index (χ0) is 21.7. The summed E-state index contributed by atoms with van der Waals surface area (Å²) in [7, 11) is 0. The molecule has 0 saturated heterocycles. The Hall–Kier alpha value is -2.14. The molecule has 0 fully saturated rings. The van der Waals surface area contributed by atoms with E-state index < -0.39 is 5.82 Å². The highest BCUT2D eigenvalue weighted by Crippen LogP contribution is 2.33. The Morgan fingerprint density at radius 2 is 1.63 bits per heavy atom. The zero-order valence-electron chi connectivity index (χ0n) is 16.7. The predicted molar refractivity (Wildman–Crippen MR) is 117 cm³/mol. The van der Waals surface area contributed by atoms with Gasteiger partial charge in [0.05, 0.1) is 23.3 Å². The van der Waals surface area contributed by atoms with Crippen LogP contribution in [0.4, 0.5) is 8.78 Å². The van der Waals surface area contributed by atoms with E-state index in [1.54, 1.807) is 18.2 Å². The van der Waals surface area contributed by atoms with E-state index in [2.05, 4.69) is 13.8 Å². The smallest absolute Gasteiger partial charge is 0.165 e. The van der Waals surface area contributed by atoms with Crippen LogP contribution in [-0.2, 0) is 16.8 Å². The van der Waals surface area contributed by atoms with Crippen LogP contribution in [0.5, 0.6) is 11.5 Å². The molecular formula is C24H22Cl2F2O2. The van der Waals surface area contributed by atoms with Crippen molar-refractivity contribution in [3.63, 3.8) is 0 Å². The first-order valence-corrected chi connectivity index (χ1v) is 10.3. The Morgan fingerprint density at radius 1 is 0.900 bits per heavy atom. The second-order valence-corrected chi connectivity index (χ2v) is 8.17. The second-order valence-electron chi connectivity index (χ2n) is 7.36. The van der Waals surface area contributed by atoms with Gasteiger partial charge in [-0.2, -0.15) is 0 Å². The summed E-state index contributed by atoms with van der Waals surface area (Å²) in [6.07, 6.45) is 0.841. The van der Waals surface area contributed by atoms with Gasteiger partial charge in [0, 0.05) is 5.41 Å². The van der Waals surface area contributed by atoms with Crippen molar-refractivity contribution in [2.24, 2.45) is 0 Å². The van der Waals surface area contributed by atoms with Gasteiger partial charge in [-0.3, -0.25) is 0 Å². The monoisotopic (exact) mass is 450 g/mol. The maximum atomic E-state index is 14.1. The molecule has 1 atom stereocenters. The van der Waals surface area contributed by atoms with E-state index in [1.165, 1.54) is 30.3 Å². The summed E-state index contributed by atoms with van der Waals surface area (Å²) in [5.74, 6) is -0.472. The number of ether oxygens (including phenoxy) is 2. The van der Waals surface area contributed by atoms with E-state index in [1.807, 2.05) is 12.1 Å². The second kappa shape index (κ2) is 9.78. The predicted octanol–water partition coefficient (Wildman–Crippen LogP) is 7.95. The topological polar surface area (TPSA) is 18.5 Å². The molecule has 3 aromatic carbocycles. The Morgan fingerprint density at radius 3 is 2.30 bits per heavy atom. The SMILES string of the molecule is CCC(C)(COCc1ccc(F)c(Oc2ccc(F)cc2)c1)c1ccc(Cl)c(Cl)c1. The molecule has 6 heteroatoms. The molecule has 3 aromatic rings. The van der Waals surface area contributed by atoms with Gasteiger partial charge >= 0.3 is 0 Å². The van der Waals surface area contributed by atoms with Crippen molar-refractivity contribution in [2.45, 2.75) is 32.3 Å². The molecule has 2 nitrogen and oxygen atoms in total. The van der Waals surface area contributed by atoms with Crippen LogP contribution in [0.1, 0.15) is 31.4 Å². The number of rotatable bonds is 8. The Kier molecular flexibility index (Phi) is 7.35. The summed E-state index contributed by atoms with van der Waals surface area (Å²) in [6.45, 7) is 4.92. The van der Waals surface area contributed by atoms with Crippen LogP contribution in [0.15, 0.2) is 60.7 Å². The van der Waals surface area contributed by atoms with E-state index in [0.29, 0.717) is 22.4 Å². The Bertz CT molecular complexity index is 1010. The first-order valence-electron chi connectivity index (χ1n) is 9.56. The summed E-state index contributed by atoms with van der Waals surface area (Å²) in [5, 5.41) is 1.02. The lowest BCUT2D eigenvalue weighted by Gasteiger charge is -2.29. The van der Waals surface area contributed by atoms with Crippen molar-refractivity contribution in [2.75, 3.05) is 6.61 Å². The highest BCUT2D eigenvalue weighted by molar-refractivity contribution is 6.42. The summed E-state index contributed by atoms with van der Waals surface area (Å²) in [6, 6.07) is 15.6. The fraction of sp³-hybridized carbons (Fsp3) is 0.250. The van der Waals surface area contributed by atoms with Crippen LogP contribution >= 0.6 is 23.2 Å². The minimum Gasteiger partial charge on any atom is -0.454 e. The fourth-order valence-corrected chi connectivity index (χ4v) is 3.30. The summed E-state index contributed by atoms with van der Waals surface area (Å²) in [5.41, 5.74) is 1.56. The maximum absolute atomic E-state index is 14.1. The quantitative estimate of drug-likeness (QED) is 0.346. The van der Waals surface area contributed by atoms with Crippen molar-refractivity contribution in [1.29, 1.82) is 0 Å². The number of hydrogen-bond donors (Lipinski definition) is 0. The molecule has 0 aliphatic carbocycles. The Balaban J connectivity index is 1.67. The maximum Gasteiger partial charge on any atom is 0.165 e. The van der Waals surface area contributed by atoms with Crippen LogP contribution < -0.4 is 4.74 Å². The fourth-order valence-electron chi connectivity index (χ4n) is 3.00. The van der Waals surface area contributed by atoms with Gasteiger partial charge in [0.2, 0.25) is 0 Å². The summed E-state index contributed by atoms with van der Waals surface area (Å²) in [4.78, 5) is 0. The lowest BCUT2D eigenvalue weighted by atomic mass is 9.81. The van der Waals surface area contributed by atoms with E-state index in [9.17, 15) is 8.78 Å². The molecule has 0 amide bonds. The molecule has 0 saturated carbocycles. The minimum absolute atomic E-state index is 0.0606. The van der Waals surface area contributed by atoms with Gasteiger partial charge in [0.1, 0.15) is 11.6 Å². The zero-order valence-corrected chi connectivity index (χ0v) is 18.2. The molecule has 0 radical (unpaired) electrons. The highest BCUT2D eigenvalue weighted by Gasteiger charge is 2.25. The number of halogens is 4. The third-order valence-corrected chi connectivity index (χ3v) is 5.86. The van der Waals surface area contributed by atoms with Crippen molar-refractivity contribution < 1.29 is 18.3 Å². The molecule has 0 aliphatic heterocycles. The molecule has 0 bridgehead atoms. The third kappa shape index (κ3) is 5.51. The first-order chi connectivity index (χ1) is 14.3. The van der Waals surface area contributed by atoms with Crippen LogP contribution in [0.3, 0.4) is 0 Å². The standard InChI is InChI=1S/C24H22Cl2F2O2/c1-3-24(2,17-5-10-20(25)21(26)13-17)15-29-14-16-4-11-22(28)23(12-16)30-19-8-6-18(27)7-9-19/h4-13H,3,14-15H2,1-2H3. The molecular weight excluding hydrogens is 429 g/mol. The van der Waals surface area contributed by atoms with E-state index in [-0.39, 0.29) is 23.6 Å². The lowest BCUT2D eigenvalue weighted by molar-refractivity contribution is 0.0746. The number of hydrogen-bond acceptors (Lipinski definition) is 2. The van der Waals surface area contributed by atoms with Gasteiger partial charge in [-0.1, -0.05) is 49.2 Å². The lowest BCUT2D eigenvalue weighted by Crippen LogP contribution is -2.27. The van der Waals surface area contributed by atoms with Gasteiger partial charge in [0.15, 0.2) is 11.6 Å². The van der Waals surface area contributed by atoms with E-state index >= 15 is 0 Å². The highest BCUT2D eigenvalue weighted by atomic mass is 35.5.